The van der Waals surface area contributed by atoms with Crippen LogP contribution in [0.15, 0.2) is 16.8 Å². The van der Waals surface area contributed by atoms with Gasteiger partial charge in [0, 0.05) is 11.9 Å². The van der Waals surface area contributed by atoms with Crippen LogP contribution in [-0.4, -0.2) is 12.5 Å². The molecule has 1 amide bonds. The Kier molecular flexibility index (Phi) is 4.50. The molecule has 1 rings (SSSR count). The lowest BCUT2D eigenvalue weighted by molar-refractivity contribution is -0.120. The summed E-state index contributed by atoms with van der Waals surface area (Å²) < 4.78 is 0. The minimum atomic E-state index is -0.111. The molecule has 3 N–H and O–H groups in total. The Hall–Kier alpha value is -0.870. The monoisotopic (exact) mass is 240 g/mol. The molecule has 1 heterocycles. The van der Waals surface area contributed by atoms with Crippen molar-refractivity contribution in [3.63, 3.8) is 0 Å². The van der Waals surface area contributed by atoms with Gasteiger partial charge in [-0.2, -0.15) is 11.3 Å². The van der Waals surface area contributed by atoms with Crippen LogP contribution in [0.3, 0.4) is 0 Å². The van der Waals surface area contributed by atoms with Gasteiger partial charge < -0.3 is 11.1 Å². The SMILES string of the molecule is CC(C)(C)CC(CN)C(=O)Nc1ccsc1. The number of anilines is 1. The first-order chi connectivity index (χ1) is 7.42. The van der Waals surface area contributed by atoms with Crippen LogP contribution in [0.5, 0.6) is 0 Å². The first-order valence-corrected chi connectivity index (χ1v) is 6.40. The van der Waals surface area contributed by atoms with Crippen LogP contribution in [0.1, 0.15) is 27.2 Å². The summed E-state index contributed by atoms with van der Waals surface area (Å²) in [6.45, 7) is 6.75. The fourth-order valence-corrected chi connectivity index (χ4v) is 2.19. The molecule has 4 heteroatoms. The molecule has 90 valence electrons. The van der Waals surface area contributed by atoms with Crippen LogP contribution in [-0.2, 0) is 4.79 Å². The number of carbonyl (C=O) groups excluding carboxylic acids is 1. The van der Waals surface area contributed by atoms with Crippen molar-refractivity contribution < 1.29 is 4.79 Å². The second-order valence-electron chi connectivity index (χ2n) is 5.20. The van der Waals surface area contributed by atoms with Crippen molar-refractivity contribution in [2.75, 3.05) is 11.9 Å². The maximum atomic E-state index is 11.9. The third kappa shape index (κ3) is 4.33. The smallest absolute Gasteiger partial charge is 0.228 e. The molecule has 0 saturated heterocycles. The van der Waals surface area contributed by atoms with Crippen molar-refractivity contribution in [2.45, 2.75) is 27.2 Å². The van der Waals surface area contributed by atoms with Crippen LogP contribution in [0, 0.1) is 11.3 Å². The van der Waals surface area contributed by atoms with Crippen molar-refractivity contribution in [1.82, 2.24) is 0 Å². The standard InChI is InChI=1S/C12H20N2OS/c1-12(2,3)6-9(7-13)11(15)14-10-4-5-16-8-10/h4-5,8-9H,6-7,13H2,1-3H3,(H,14,15). The number of thiophene rings is 1. The fourth-order valence-electron chi connectivity index (χ4n) is 1.60. The Bertz CT molecular complexity index is 327. The van der Waals surface area contributed by atoms with Gasteiger partial charge >= 0.3 is 0 Å². The predicted octanol–water partition coefficient (Wildman–Crippen LogP) is 2.70. The molecule has 1 aromatic rings. The third-order valence-corrected chi connectivity index (χ3v) is 2.99. The van der Waals surface area contributed by atoms with Crippen molar-refractivity contribution in [1.29, 1.82) is 0 Å². The quantitative estimate of drug-likeness (QED) is 0.850. The maximum Gasteiger partial charge on any atom is 0.228 e. The van der Waals surface area contributed by atoms with E-state index in [0.717, 1.165) is 12.1 Å². The summed E-state index contributed by atoms with van der Waals surface area (Å²) in [5.74, 6) is -0.0873. The predicted molar refractivity (Wildman–Crippen MR) is 69.6 cm³/mol. The Balaban J connectivity index is 2.56. The molecule has 0 fully saturated rings. The van der Waals surface area contributed by atoms with E-state index >= 15 is 0 Å². The number of carbonyl (C=O) groups is 1. The van der Waals surface area contributed by atoms with Gasteiger partial charge in [-0.3, -0.25) is 4.79 Å². The fraction of sp³-hybridized carbons (Fsp3) is 0.583. The van der Waals surface area contributed by atoms with Crippen molar-refractivity contribution in [2.24, 2.45) is 17.1 Å². The summed E-state index contributed by atoms with van der Waals surface area (Å²) in [7, 11) is 0. The Morgan fingerprint density at radius 2 is 2.25 bits per heavy atom. The summed E-state index contributed by atoms with van der Waals surface area (Å²) in [5, 5.41) is 6.75. The van der Waals surface area contributed by atoms with E-state index in [1.807, 2.05) is 16.8 Å². The Labute approximate surface area is 101 Å². The number of hydrogen-bond donors (Lipinski definition) is 2. The molecule has 0 saturated carbocycles. The highest BCUT2D eigenvalue weighted by molar-refractivity contribution is 7.08. The number of hydrogen-bond acceptors (Lipinski definition) is 3. The van der Waals surface area contributed by atoms with Crippen LogP contribution in [0.4, 0.5) is 5.69 Å². The molecule has 16 heavy (non-hydrogen) atoms. The lowest BCUT2D eigenvalue weighted by Crippen LogP contribution is -2.32. The third-order valence-electron chi connectivity index (χ3n) is 2.30. The highest BCUT2D eigenvalue weighted by Crippen LogP contribution is 2.25. The summed E-state index contributed by atoms with van der Waals surface area (Å²) in [5.41, 5.74) is 6.64. The molecule has 0 spiro atoms. The van der Waals surface area contributed by atoms with Gasteiger partial charge in [-0.1, -0.05) is 20.8 Å². The van der Waals surface area contributed by atoms with E-state index in [-0.39, 0.29) is 17.2 Å². The number of nitrogens with two attached hydrogens (primary N) is 1. The first-order valence-electron chi connectivity index (χ1n) is 5.45. The molecular weight excluding hydrogens is 220 g/mol. The minimum Gasteiger partial charge on any atom is -0.330 e. The number of amides is 1. The van der Waals surface area contributed by atoms with Crippen LogP contribution >= 0.6 is 11.3 Å². The molecule has 0 aliphatic carbocycles. The zero-order valence-electron chi connectivity index (χ0n) is 10.1. The normalized spacial score (nSPS) is 13.5. The molecule has 0 bridgehead atoms. The second-order valence-corrected chi connectivity index (χ2v) is 5.98. The molecule has 0 aromatic carbocycles. The van der Waals surface area contributed by atoms with Gasteiger partial charge in [-0.15, -0.1) is 0 Å². The van der Waals surface area contributed by atoms with Crippen LogP contribution in [0.2, 0.25) is 0 Å². The molecule has 0 radical (unpaired) electrons. The highest BCUT2D eigenvalue weighted by Gasteiger charge is 2.23. The minimum absolute atomic E-state index is 0.0239. The molecular formula is C12H20N2OS. The molecule has 0 aliphatic heterocycles. The van der Waals surface area contributed by atoms with Gasteiger partial charge in [-0.05, 0) is 23.3 Å². The largest absolute Gasteiger partial charge is 0.330 e. The number of nitrogens with one attached hydrogen (secondary N) is 1. The lowest BCUT2D eigenvalue weighted by atomic mass is 9.84. The molecule has 0 aliphatic rings. The van der Waals surface area contributed by atoms with Crippen molar-refractivity contribution >= 4 is 22.9 Å². The van der Waals surface area contributed by atoms with E-state index in [1.165, 1.54) is 0 Å². The molecule has 1 aromatic heterocycles. The number of rotatable bonds is 4. The zero-order chi connectivity index (χ0) is 12.2. The molecule has 1 atom stereocenters. The summed E-state index contributed by atoms with van der Waals surface area (Å²) in [6.07, 6.45) is 0.805. The van der Waals surface area contributed by atoms with Gasteiger partial charge in [0.2, 0.25) is 5.91 Å². The van der Waals surface area contributed by atoms with E-state index in [0.29, 0.717) is 6.54 Å². The van der Waals surface area contributed by atoms with Crippen molar-refractivity contribution in [3.05, 3.63) is 16.8 Å². The van der Waals surface area contributed by atoms with Crippen molar-refractivity contribution in [3.8, 4) is 0 Å². The van der Waals surface area contributed by atoms with Gasteiger partial charge in [0.25, 0.3) is 0 Å². The summed E-state index contributed by atoms with van der Waals surface area (Å²) in [6, 6.07) is 1.90. The van der Waals surface area contributed by atoms with Crippen LogP contribution < -0.4 is 11.1 Å². The van der Waals surface area contributed by atoms with Crippen LogP contribution in [0.25, 0.3) is 0 Å². The van der Waals surface area contributed by atoms with E-state index < -0.39 is 0 Å². The average molecular weight is 240 g/mol. The van der Waals surface area contributed by atoms with Gasteiger partial charge in [0.05, 0.1) is 11.6 Å². The van der Waals surface area contributed by atoms with Gasteiger partial charge in [-0.25, -0.2) is 0 Å². The summed E-state index contributed by atoms with van der Waals surface area (Å²) >= 11 is 1.57. The topological polar surface area (TPSA) is 55.1 Å². The first kappa shape index (κ1) is 13.2. The summed E-state index contributed by atoms with van der Waals surface area (Å²) in [4.78, 5) is 11.9. The Morgan fingerprint density at radius 1 is 1.56 bits per heavy atom. The Morgan fingerprint density at radius 3 is 2.69 bits per heavy atom. The van der Waals surface area contributed by atoms with Gasteiger partial charge in [0.1, 0.15) is 0 Å². The second kappa shape index (κ2) is 5.46. The van der Waals surface area contributed by atoms with Gasteiger partial charge in [0.15, 0.2) is 0 Å². The maximum absolute atomic E-state index is 11.9. The van der Waals surface area contributed by atoms with E-state index in [1.54, 1.807) is 11.3 Å². The zero-order valence-corrected chi connectivity index (χ0v) is 10.9. The molecule has 3 nitrogen and oxygen atoms in total. The lowest BCUT2D eigenvalue weighted by Gasteiger charge is -2.24. The van der Waals surface area contributed by atoms with E-state index in [2.05, 4.69) is 26.1 Å². The van der Waals surface area contributed by atoms with E-state index in [4.69, 9.17) is 5.73 Å². The highest BCUT2D eigenvalue weighted by atomic mass is 32.1. The average Bonchev–Trinajstić information content (AvgIpc) is 2.65. The van der Waals surface area contributed by atoms with E-state index in [9.17, 15) is 4.79 Å². The molecule has 1 unspecified atom stereocenters.